The van der Waals surface area contributed by atoms with Gasteiger partial charge < -0.3 is 15.2 Å². The van der Waals surface area contributed by atoms with E-state index in [2.05, 4.69) is 4.98 Å². The third-order valence-corrected chi connectivity index (χ3v) is 2.23. The van der Waals surface area contributed by atoms with Crippen LogP contribution in [0.2, 0.25) is 0 Å². The van der Waals surface area contributed by atoms with Crippen molar-refractivity contribution >= 4 is 5.97 Å². The van der Waals surface area contributed by atoms with E-state index in [0.29, 0.717) is 0 Å². The van der Waals surface area contributed by atoms with Crippen LogP contribution in [0.25, 0.3) is 0 Å². The number of nitrogens with two attached hydrogens (primary N) is 1. The van der Waals surface area contributed by atoms with Crippen LogP contribution < -0.4 is 10.5 Å². The van der Waals surface area contributed by atoms with Crippen molar-refractivity contribution in [1.29, 1.82) is 0 Å². The highest BCUT2D eigenvalue weighted by molar-refractivity contribution is 5.87. The van der Waals surface area contributed by atoms with Gasteiger partial charge in [-0.3, -0.25) is 0 Å². The summed E-state index contributed by atoms with van der Waals surface area (Å²) in [5.74, 6) is -1.01. The van der Waals surface area contributed by atoms with Crippen molar-refractivity contribution in [2.24, 2.45) is 5.73 Å². The van der Waals surface area contributed by atoms with E-state index in [-0.39, 0.29) is 30.3 Å². The van der Waals surface area contributed by atoms with Crippen molar-refractivity contribution in [3.8, 4) is 5.88 Å². The highest BCUT2D eigenvalue weighted by Gasteiger charge is 2.23. The van der Waals surface area contributed by atoms with Crippen LogP contribution in [-0.4, -0.2) is 24.7 Å². The molecule has 2 N–H and O–H groups in total. The summed E-state index contributed by atoms with van der Waals surface area (Å²) < 4.78 is 35.2. The van der Waals surface area contributed by atoms with Gasteiger partial charge in [0, 0.05) is 6.54 Å². The lowest BCUT2D eigenvalue weighted by atomic mass is 10.1. The SMILES string of the molecule is CCOC(=O)c1cc(CN)c(C(F)F)c(OC)n1. The second kappa shape index (κ2) is 6.25. The van der Waals surface area contributed by atoms with Crippen LogP contribution in [0.4, 0.5) is 8.78 Å². The van der Waals surface area contributed by atoms with Crippen LogP contribution in [0.15, 0.2) is 6.07 Å². The topological polar surface area (TPSA) is 74.4 Å². The molecule has 0 aliphatic rings. The molecule has 0 unspecified atom stereocenters. The van der Waals surface area contributed by atoms with Crippen LogP contribution in [-0.2, 0) is 11.3 Å². The third-order valence-electron chi connectivity index (χ3n) is 2.23. The average Bonchev–Trinajstić information content (AvgIpc) is 2.36. The molecule has 1 aromatic heterocycles. The minimum atomic E-state index is -2.78. The molecule has 7 heteroatoms. The number of alkyl halides is 2. The van der Waals surface area contributed by atoms with Crippen molar-refractivity contribution < 1.29 is 23.0 Å². The van der Waals surface area contributed by atoms with Gasteiger partial charge in [0.2, 0.25) is 5.88 Å². The van der Waals surface area contributed by atoms with Gasteiger partial charge in [0.15, 0.2) is 5.69 Å². The second-order valence-electron chi connectivity index (χ2n) is 3.31. The molecule has 1 aromatic rings. The molecule has 0 aromatic carbocycles. The molecule has 1 heterocycles. The fraction of sp³-hybridized carbons (Fsp3) is 0.455. The Balaban J connectivity index is 3.30. The molecule has 0 aliphatic carbocycles. The monoisotopic (exact) mass is 260 g/mol. The average molecular weight is 260 g/mol. The molecule has 0 spiro atoms. The van der Waals surface area contributed by atoms with Crippen LogP contribution in [0.3, 0.4) is 0 Å². The molecule has 0 saturated carbocycles. The van der Waals surface area contributed by atoms with Gasteiger partial charge in [-0.2, -0.15) is 0 Å². The highest BCUT2D eigenvalue weighted by atomic mass is 19.3. The van der Waals surface area contributed by atoms with Gasteiger partial charge in [0.25, 0.3) is 6.43 Å². The summed E-state index contributed by atoms with van der Waals surface area (Å²) in [7, 11) is 1.20. The smallest absolute Gasteiger partial charge is 0.357 e. The second-order valence-corrected chi connectivity index (χ2v) is 3.31. The van der Waals surface area contributed by atoms with E-state index in [9.17, 15) is 13.6 Å². The van der Waals surface area contributed by atoms with E-state index < -0.39 is 18.0 Å². The van der Waals surface area contributed by atoms with Crippen molar-refractivity contribution in [3.63, 3.8) is 0 Å². The minimum Gasteiger partial charge on any atom is -0.481 e. The van der Waals surface area contributed by atoms with E-state index in [1.807, 2.05) is 0 Å². The number of hydrogen-bond donors (Lipinski definition) is 1. The third kappa shape index (κ3) is 2.92. The maximum Gasteiger partial charge on any atom is 0.357 e. The number of ether oxygens (including phenoxy) is 2. The van der Waals surface area contributed by atoms with Crippen LogP contribution in [0, 0.1) is 0 Å². The molecule has 18 heavy (non-hydrogen) atoms. The largest absolute Gasteiger partial charge is 0.481 e. The van der Waals surface area contributed by atoms with Gasteiger partial charge in [0.1, 0.15) is 0 Å². The summed E-state index contributed by atoms with van der Waals surface area (Å²) in [5, 5.41) is 0. The van der Waals surface area contributed by atoms with Gasteiger partial charge in [-0.25, -0.2) is 18.6 Å². The fourth-order valence-electron chi connectivity index (χ4n) is 1.45. The zero-order valence-corrected chi connectivity index (χ0v) is 10.1. The number of rotatable bonds is 5. The molecular formula is C11H14F2N2O3. The quantitative estimate of drug-likeness (QED) is 0.815. The number of esters is 1. The molecule has 0 saturated heterocycles. The van der Waals surface area contributed by atoms with Crippen molar-refractivity contribution in [3.05, 3.63) is 22.9 Å². The lowest BCUT2D eigenvalue weighted by Crippen LogP contribution is -2.13. The molecule has 5 nitrogen and oxygen atoms in total. The summed E-state index contributed by atoms with van der Waals surface area (Å²) in [6, 6.07) is 1.20. The highest BCUT2D eigenvalue weighted by Crippen LogP contribution is 2.31. The first-order valence-corrected chi connectivity index (χ1v) is 5.28. The van der Waals surface area contributed by atoms with E-state index in [0.717, 1.165) is 0 Å². The molecule has 0 atom stereocenters. The summed E-state index contributed by atoms with van der Waals surface area (Å²) in [4.78, 5) is 15.2. The molecule has 1 rings (SSSR count). The fourth-order valence-corrected chi connectivity index (χ4v) is 1.45. The number of pyridine rings is 1. The summed E-state index contributed by atoms with van der Waals surface area (Å²) in [6.07, 6.45) is -2.78. The van der Waals surface area contributed by atoms with E-state index in [1.54, 1.807) is 6.92 Å². The Morgan fingerprint density at radius 3 is 2.67 bits per heavy atom. The minimum absolute atomic E-state index is 0.0986. The number of halogens is 2. The molecule has 0 amide bonds. The lowest BCUT2D eigenvalue weighted by molar-refractivity contribution is 0.0517. The van der Waals surface area contributed by atoms with E-state index in [4.69, 9.17) is 15.2 Å². The standard InChI is InChI=1S/C11H14F2N2O3/c1-3-18-11(16)7-4-6(5-14)8(9(12)13)10(15-7)17-2/h4,9H,3,5,14H2,1-2H3. The van der Waals surface area contributed by atoms with Gasteiger partial charge >= 0.3 is 5.97 Å². The van der Waals surface area contributed by atoms with Crippen molar-refractivity contribution in [1.82, 2.24) is 4.98 Å². The Morgan fingerprint density at radius 1 is 1.56 bits per heavy atom. The zero-order valence-electron chi connectivity index (χ0n) is 10.1. The van der Waals surface area contributed by atoms with Crippen LogP contribution in [0.1, 0.15) is 35.0 Å². The number of nitrogens with zero attached hydrogens (tertiary/aromatic N) is 1. The van der Waals surface area contributed by atoms with Crippen molar-refractivity contribution in [2.45, 2.75) is 19.9 Å². The van der Waals surface area contributed by atoms with E-state index in [1.165, 1.54) is 13.2 Å². The molecule has 0 radical (unpaired) electrons. The van der Waals surface area contributed by atoms with Crippen molar-refractivity contribution in [2.75, 3.05) is 13.7 Å². The predicted octanol–water partition coefficient (Wildman–Crippen LogP) is 1.66. The van der Waals surface area contributed by atoms with Gasteiger partial charge in [-0.15, -0.1) is 0 Å². The number of carbonyl (C=O) groups is 1. The Hall–Kier alpha value is -1.76. The Bertz CT molecular complexity index is 413. The lowest BCUT2D eigenvalue weighted by Gasteiger charge is -2.13. The first-order valence-electron chi connectivity index (χ1n) is 5.28. The zero-order chi connectivity index (χ0) is 13.7. The normalized spacial score (nSPS) is 10.6. The van der Waals surface area contributed by atoms with Gasteiger partial charge in [-0.1, -0.05) is 0 Å². The molecule has 0 aliphatic heterocycles. The Labute approximate surface area is 103 Å². The van der Waals surface area contributed by atoms with Gasteiger partial charge in [0.05, 0.1) is 19.3 Å². The maximum atomic E-state index is 12.9. The number of hydrogen-bond acceptors (Lipinski definition) is 5. The first kappa shape index (κ1) is 14.3. The number of methoxy groups -OCH3 is 1. The molecule has 0 fully saturated rings. The maximum absolute atomic E-state index is 12.9. The van der Waals surface area contributed by atoms with E-state index >= 15 is 0 Å². The summed E-state index contributed by atoms with van der Waals surface area (Å²) in [6.45, 7) is 1.65. The summed E-state index contributed by atoms with van der Waals surface area (Å²) >= 11 is 0. The summed E-state index contributed by atoms with van der Waals surface area (Å²) in [5.41, 5.74) is 5.00. The van der Waals surface area contributed by atoms with Crippen LogP contribution >= 0.6 is 0 Å². The number of aromatic nitrogens is 1. The van der Waals surface area contributed by atoms with Crippen LogP contribution in [0.5, 0.6) is 5.88 Å². The Morgan fingerprint density at radius 2 is 2.22 bits per heavy atom. The van der Waals surface area contributed by atoms with Gasteiger partial charge in [-0.05, 0) is 18.6 Å². The predicted molar refractivity (Wildman–Crippen MR) is 59.6 cm³/mol. The molecule has 0 bridgehead atoms. The molecular weight excluding hydrogens is 246 g/mol. The molecule has 100 valence electrons. The number of carbonyl (C=O) groups excluding carboxylic acids is 1. The first-order chi connectivity index (χ1) is 8.54. The Kier molecular flexibility index (Phi) is 4.96.